The number of benzene rings is 1. The summed E-state index contributed by atoms with van der Waals surface area (Å²) in [5, 5.41) is 3.25. The Morgan fingerprint density at radius 3 is 2.75 bits per heavy atom. The minimum atomic E-state index is -0.214. The first kappa shape index (κ1) is 12.1. The van der Waals surface area contributed by atoms with Gasteiger partial charge in [-0.2, -0.15) is 0 Å². The van der Waals surface area contributed by atoms with Crippen LogP contribution in [0, 0.1) is 9.39 Å². The Bertz CT molecular complexity index is 500. The summed E-state index contributed by atoms with van der Waals surface area (Å²) in [6, 6.07) is 8.55. The molecule has 2 aromatic rings. The van der Waals surface area contributed by atoms with Crippen LogP contribution in [-0.2, 0) is 6.54 Å². The SMILES string of the molecule is Fc1ccc(NCc2ccc(Cl)s2)c(I)c1. The first-order chi connectivity index (χ1) is 7.65. The zero-order valence-corrected chi connectivity index (χ0v) is 11.9. The largest absolute Gasteiger partial charge is 0.379 e. The van der Waals surface area contributed by atoms with E-state index in [9.17, 15) is 4.39 Å². The third kappa shape index (κ3) is 3.09. The number of rotatable bonds is 3. The molecule has 0 aliphatic heterocycles. The zero-order valence-electron chi connectivity index (χ0n) is 8.14. The molecule has 0 aliphatic rings. The Kier molecular flexibility index (Phi) is 4.05. The Morgan fingerprint density at radius 2 is 2.12 bits per heavy atom. The lowest BCUT2D eigenvalue weighted by Crippen LogP contribution is -1.99. The molecule has 0 atom stereocenters. The fourth-order valence-corrected chi connectivity index (χ4v) is 2.96. The smallest absolute Gasteiger partial charge is 0.124 e. The van der Waals surface area contributed by atoms with Crippen LogP contribution in [0.2, 0.25) is 4.34 Å². The fourth-order valence-electron chi connectivity index (χ4n) is 1.26. The molecule has 5 heteroatoms. The van der Waals surface area contributed by atoms with E-state index in [0.29, 0.717) is 6.54 Å². The Hall–Kier alpha value is -0.330. The van der Waals surface area contributed by atoms with Crippen LogP contribution in [0.1, 0.15) is 4.88 Å². The first-order valence-electron chi connectivity index (χ1n) is 4.58. The van der Waals surface area contributed by atoms with Crippen molar-refractivity contribution >= 4 is 51.2 Å². The number of nitrogens with one attached hydrogen (secondary N) is 1. The number of hydrogen-bond acceptors (Lipinski definition) is 2. The van der Waals surface area contributed by atoms with Gasteiger partial charge in [-0.15, -0.1) is 11.3 Å². The molecule has 1 aromatic carbocycles. The molecule has 2 rings (SSSR count). The molecule has 0 radical (unpaired) electrons. The molecule has 0 saturated carbocycles. The van der Waals surface area contributed by atoms with E-state index in [2.05, 4.69) is 27.9 Å². The van der Waals surface area contributed by atoms with Gasteiger partial charge in [-0.25, -0.2) is 4.39 Å². The van der Waals surface area contributed by atoms with Crippen molar-refractivity contribution in [2.75, 3.05) is 5.32 Å². The van der Waals surface area contributed by atoms with E-state index < -0.39 is 0 Å². The summed E-state index contributed by atoms with van der Waals surface area (Å²) in [4.78, 5) is 1.16. The van der Waals surface area contributed by atoms with Crippen LogP contribution in [-0.4, -0.2) is 0 Å². The van der Waals surface area contributed by atoms with Gasteiger partial charge in [0.05, 0.1) is 4.34 Å². The predicted octanol–water partition coefficient (Wildman–Crippen LogP) is 4.76. The van der Waals surface area contributed by atoms with Gasteiger partial charge < -0.3 is 5.32 Å². The quantitative estimate of drug-likeness (QED) is 0.772. The van der Waals surface area contributed by atoms with Crippen LogP contribution in [0.4, 0.5) is 10.1 Å². The Balaban J connectivity index is 2.04. The molecule has 0 unspecified atom stereocenters. The zero-order chi connectivity index (χ0) is 11.5. The Morgan fingerprint density at radius 1 is 1.31 bits per heavy atom. The molecule has 0 fully saturated rings. The molecule has 0 saturated heterocycles. The second-order valence-electron chi connectivity index (χ2n) is 3.18. The van der Waals surface area contributed by atoms with Crippen molar-refractivity contribution in [1.29, 1.82) is 0 Å². The van der Waals surface area contributed by atoms with Gasteiger partial charge in [0, 0.05) is 20.7 Å². The van der Waals surface area contributed by atoms with Crippen molar-refractivity contribution in [3.05, 3.63) is 48.9 Å². The van der Waals surface area contributed by atoms with Crippen molar-refractivity contribution in [3.63, 3.8) is 0 Å². The predicted molar refractivity (Wildman–Crippen MR) is 75.8 cm³/mol. The maximum absolute atomic E-state index is 12.9. The van der Waals surface area contributed by atoms with Gasteiger partial charge in [0.1, 0.15) is 5.82 Å². The molecule has 0 aliphatic carbocycles. The number of halogens is 3. The normalized spacial score (nSPS) is 10.4. The van der Waals surface area contributed by atoms with Crippen LogP contribution in [0.3, 0.4) is 0 Å². The standard InChI is InChI=1S/C11H8ClFINS/c12-11-4-2-8(16-11)6-15-10-3-1-7(13)5-9(10)14/h1-5,15H,6H2. The molecule has 0 spiro atoms. The fraction of sp³-hybridized carbons (Fsp3) is 0.0909. The average Bonchev–Trinajstić information content (AvgIpc) is 2.63. The minimum absolute atomic E-state index is 0.214. The summed E-state index contributed by atoms with van der Waals surface area (Å²) in [5.74, 6) is -0.214. The van der Waals surface area contributed by atoms with Crippen molar-refractivity contribution in [2.24, 2.45) is 0 Å². The van der Waals surface area contributed by atoms with Crippen molar-refractivity contribution in [3.8, 4) is 0 Å². The highest BCUT2D eigenvalue weighted by Gasteiger charge is 2.02. The summed E-state index contributed by atoms with van der Waals surface area (Å²) in [7, 11) is 0. The van der Waals surface area contributed by atoms with Crippen LogP contribution >= 0.6 is 45.5 Å². The van der Waals surface area contributed by atoms with Crippen molar-refractivity contribution in [1.82, 2.24) is 0 Å². The molecule has 84 valence electrons. The van der Waals surface area contributed by atoms with Gasteiger partial charge in [0.25, 0.3) is 0 Å². The maximum Gasteiger partial charge on any atom is 0.124 e. The maximum atomic E-state index is 12.9. The van der Waals surface area contributed by atoms with Gasteiger partial charge in [-0.05, 0) is 52.9 Å². The van der Waals surface area contributed by atoms with E-state index in [4.69, 9.17) is 11.6 Å². The summed E-state index contributed by atoms with van der Waals surface area (Å²) in [6.45, 7) is 0.707. The van der Waals surface area contributed by atoms with E-state index in [1.165, 1.54) is 12.1 Å². The molecule has 16 heavy (non-hydrogen) atoms. The van der Waals surface area contributed by atoms with E-state index in [1.807, 2.05) is 12.1 Å². The van der Waals surface area contributed by atoms with Crippen LogP contribution in [0.5, 0.6) is 0 Å². The highest BCUT2D eigenvalue weighted by molar-refractivity contribution is 14.1. The topological polar surface area (TPSA) is 12.0 Å². The molecule has 1 nitrogen and oxygen atoms in total. The minimum Gasteiger partial charge on any atom is -0.379 e. The summed E-state index contributed by atoms with van der Waals surface area (Å²) < 4.78 is 14.5. The lowest BCUT2D eigenvalue weighted by Gasteiger charge is -2.07. The van der Waals surface area contributed by atoms with E-state index in [0.717, 1.165) is 18.5 Å². The molecular formula is C11H8ClFINS. The van der Waals surface area contributed by atoms with E-state index in [-0.39, 0.29) is 5.82 Å². The van der Waals surface area contributed by atoms with Crippen LogP contribution in [0.15, 0.2) is 30.3 Å². The van der Waals surface area contributed by atoms with Gasteiger partial charge >= 0.3 is 0 Å². The second kappa shape index (κ2) is 5.33. The van der Waals surface area contributed by atoms with Crippen LogP contribution in [0.25, 0.3) is 0 Å². The van der Waals surface area contributed by atoms with E-state index in [1.54, 1.807) is 17.4 Å². The van der Waals surface area contributed by atoms with E-state index >= 15 is 0 Å². The first-order valence-corrected chi connectivity index (χ1v) is 6.85. The summed E-state index contributed by atoms with van der Waals surface area (Å²) >= 11 is 9.49. The summed E-state index contributed by atoms with van der Waals surface area (Å²) in [6.07, 6.45) is 0. The number of thiophene rings is 1. The third-order valence-electron chi connectivity index (χ3n) is 2.01. The molecule has 1 N–H and O–H groups in total. The second-order valence-corrected chi connectivity index (χ2v) is 6.15. The lowest BCUT2D eigenvalue weighted by molar-refractivity contribution is 0.627. The average molecular weight is 368 g/mol. The number of anilines is 1. The van der Waals surface area contributed by atoms with Crippen molar-refractivity contribution in [2.45, 2.75) is 6.54 Å². The Labute approximate surface area is 116 Å². The van der Waals surface area contributed by atoms with Gasteiger partial charge in [0.2, 0.25) is 0 Å². The summed E-state index contributed by atoms with van der Waals surface area (Å²) in [5.41, 5.74) is 0.937. The molecular weight excluding hydrogens is 360 g/mol. The highest BCUT2D eigenvalue weighted by Crippen LogP contribution is 2.24. The van der Waals surface area contributed by atoms with Gasteiger partial charge in [0.15, 0.2) is 0 Å². The van der Waals surface area contributed by atoms with Crippen LogP contribution < -0.4 is 5.32 Å². The molecule has 0 amide bonds. The van der Waals surface area contributed by atoms with Crippen molar-refractivity contribution < 1.29 is 4.39 Å². The molecule has 1 aromatic heterocycles. The highest BCUT2D eigenvalue weighted by atomic mass is 127. The molecule has 0 bridgehead atoms. The number of hydrogen-bond donors (Lipinski definition) is 1. The van der Waals surface area contributed by atoms with Gasteiger partial charge in [-0.3, -0.25) is 0 Å². The van der Waals surface area contributed by atoms with Gasteiger partial charge in [-0.1, -0.05) is 11.6 Å². The monoisotopic (exact) mass is 367 g/mol. The lowest BCUT2D eigenvalue weighted by atomic mass is 10.3. The third-order valence-corrected chi connectivity index (χ3v) is 4.14. The molecule has 1 heterocycles.